The first-order chi connectivity index (χ1) is 8.88. The van der Waals surface area contributed by atoms with Gasteiger partial charge in [-0.2, -0.15) is 11.8 Å². The Bertz CT molecular complexity index is 329. The largest absolute Gasteiger partial charge is 0.385 e. The maximum atomic E-state index is 3.48. The summed E-state index contributed by atoms with van der Waals surface area (Å²) in [5.74, 6) is 1.31. The standard InChI is InChI=1S/C15H24N2S/c1-2-15-13-17(11-12-18-15)10-6-9-16-14-7-4-3-5-8-14/h3-5,7-8,15-16H,2,6,9-13H2,1H3. The van der Waals surface area contributed by atoms with Crippen LogP contribution in [-0.2, 0) is 0 Å². The average Bonchev–Trinajstić information content (AvgIpc) is 2.45. The van der Waals surface area contributed by atoms with E-state index in [2.05, 4.69) is 59.2 Å². The minimum Gasteiger partial charge on any atom is -0.385 e. The van der Waals surface area contributed by atoms with Gasteiger partial charge in [0.1, 0.15) is 0 Å². The van der Waals surface area contributed by atoms with Crippen molar-refractivity contribution in [2.45, 2.75) is 25.0 Å². The van der Waals surface area contributed by atoms with Crippen LogP contribution in [0.4, 0.5) is 5.69 Å². The molecule has 2 rings (SSSR count). The van der Waals surface area contributed by atoms with Crippen molar-refractivity contribution in [1.29, 1.82) is 0 Å². The summed E-state index contributed by atoms with van der Waals surface area (Å²) in [6.45, 7) is 7.17. The lowest BCUT2D eigenvalue weighted by atomic mass is 10.2. The first kappa shape index (κ1) is 13.8. The highest BCUT2D eigenvalue weighted by Crippen LogP contribution is 2.20. The van der Waals surface area contributed by atoms with E-state index >= 15 is 0 Å². The van der Waals surface area contributed by atoms with Crippen molar-refractivity contribution in [2.75, 3.05) is 37.2 Å². The number of nitrogens with one attached hydrogen (secondary N) is 1. The van der Waals surface area contributed by atoms with Crippen LogP contribution in [0.25, 0.3) is 0 Å². The lowest BCUT2D eigenvalue weighted by molar-refractivity contribution is 0.280. The van der Waals surface area contributed by atoms with Crippen LogP contribution < -0.4 is 5.32 Å². The molecule has 2 nitrogen and oxygen atoms in total. The van der Waals surface area contributed by atoms with Crippen molar-refractivity contribution in [2.24, 2.45) is 0 Å². The van der Waals surface area contributed by atoms with E-state index in [4.69, 9.17) is 0 Å². The Balaban J connectivity index is 1.60. The van der Waals surface area contributed by atoms with Gasteiger partial charge in [-0.15, -0.1) is 0 Å². The van der Waals surface area contributed by atoms with Crippen molar-refractivity contribution >= 4 is 17.4 Å². The monoisotopic (exact) mass is 264 g/mol. The second-order valence-corrected chi connectivity index (χ2v) is 6.26. The Labute approximate surface area is 115 Å². The van der Waals surface area contributed by atoms with Gasteiger partial charge in [0.25, 0.3) is 0 Å². The second kappa shape index (κ2) is 7.70. The van der Waals surface area contributed by atoms with Crippen LogP contribution in [-0.4, -0.2) is 42.1 Å². The molecule has 1 fully saturated rings. The highest BCUT2D eigenvalue weighted by molar-refractivity contribution is 8.00. The fourth-order valence-corrected chi connectivity index (χ4v) is 3.57. The van der Waals surface area contributed by atoms with Gasteiger partial charge in [0.15, 0.2) is 0 Å². The van der Waals surface area contributed by atoms with E-state index in [1.807, 2.05) is 0 Å². The van der Waals surface area contributed by atoms with Gasteiger partial charge < -0.3 is 10.2 Å². The summed E-state index contributed by atoms with van der Waals surface area (Å²) in [5.41, 5.74) is 1.23. The number of anilines is 1. The molecular weight excluding hydrogens is 240 g/mol. The van der Waals surface area contributed by atoms with Gasteiger partial charge in [0.2, 0.25) is 0 Å². The molecule has 0 bridgehead atoms. The van der Waals surface area contributed by atoms with E-state index in [0.717, 1.165) is 11.8 Å². The molecule has 0 amide bonds. The van der Waals surface area contributed by atoms with Gasteiger partial charge >= 0.3 is 0 Å². The van der Waals surface area contributed by atoms with Crippen LogP contribution in [0, 0.1) is 0 Å². The molecule has 1 atom stereocenters. The number of thioether (sulfide) groups is 1. The fraction of sp³-hybridized carbons (Fsp3) is 0.600. The minimum atomic E-state index is 0.862. The quantitative estimate of drug-likeness (QED) is 0.794. The number of benzene rings is 1. The van der Waals surface area contributed by atoms with E-state index in [1.165, 1.54) is 43.9 Å². The van der Waals surface area contributed by atoms with Crippen molar-refractivity contribution in [1.82, 2.24) is 4.90 Å². The molecule has 1 heterocycles. The van der Waals surface area contributed by atoms with Crippen LogP contribution in [0.5, 0.6) is 0 Å². The molecule has 1 aliphatic rings. The Morgan fingerprint density at radius 1 is 1.33 bits per heavy atom. The molecule has 0 aromatic heterocycles. The topological polar surface area (TPSA) is 15.3 Å². The number of hydrogen-bond acceptors (Lipinski definition) is 3. The number of rotatable bonds is 6. The molecule has 0 aliphatic carbocycles. The normalized spacial score (nSPS) is 20.8. The van der Waals surface area contributed by atoms with Crippen molar-refractivity contribution in [3.63, 3.8) is 0 Å². The Kier molecular flexibility index (Phi) is 5.88. The zero-order chi connectivity index (χ0) is 12.6. The third kappa shape index (κ3) is 4.54. The smallest absolute Gasteiger partial charge is 0.0340 e. The van der Waals surface area contributed by atoms with E-state index in [9.17, 15) is 0 Å². The van der Waals surface area contributed by atoms with E-state index < -0.39 is 0 Å². The first-order valence-corrected chi connectivity index (χ1v) is 8.06. The van der Waals surface area contributed by atoms with E-state index in [1.54, 1.807) is 0 Å². The van der Waals surface area contributed by atoms with Crippen molar-refractivity contribution in [3.05, 3.63) is 30.3 Å². The minimum absolute atomic E-state index is 0.862. The van der Waals surface area contributed by atoms with Gasteiger partial charge in [-0.1, -0.05) is 25.1 Å². The maximum absolute atomic E-state index is 3.48. The Morgan fingerprint density at radius 3 is 2.94 bits per heavy atom. The zero-order valence-corrected chi connectivity index (χ0v) is 12.1. The Hall–Kier alpha value is -0.670. The molecule has 1 aromatic rings. The first-order valence-electron chi connectivity index (χ1n) is 7.01. The number of para-hydroxylation sites is 1. The molecule has 1 aromatic carbocycles. The number of nitrogens with zero attached hydrogens (tertiary/aromatic N) is 1. The molecule has 0 radical (unpaired) electrons. The zero-order valence-electron chi connectivity index (χ0n) is 11.3. The van der Waals surface area contributed by atoms with Crippen LogP contribution in [0.1, 0.15) is 19.8 Å². The van der Waals surface area contributed by atoms with Gasteiger partial charge in [0, 0.05) is 36.3 Å². The van der Waals surface area contributed by atoms with E-state index in [0.29, 0.717) is 0 Å². The third-order valence-corrected chi connectivity index (χ3v) is 4.80. The highest BCUT2D eigenvalue weighted by atomic mass is 32.2. The van der Waals surface area contributed by atoms with Gasteiger partial charge in [-0.3, -0.25) is 0 Å². The average molecular weight is 264 g/mol. The summed E-state index contributed by atoms with van der Waals surface area (Å²) in [6.07, 6.45) is 2.54. The van der Waals surface area contributed by atoms with Crippen LogP contribution in [0.3, 0.4) is 0 Å². The SMILES string of the molecule is CCC1CN(CCCNc2ccccc2)CCS1. The van der Waals surface area contributed by atoms with Crippen molar-refractivity contribution < 1.29 is 0 Å². The van der Waals surface area contributed by atoms with Gasteiger partial charge in [-0.25, -0.2) is 0 Å². The predicted octanol–water partition coefficient (Wildman–Crippen LogP) is 3.32. The Morgan fingerprint density at radius 2 is 2.17 bits per heavy atom. The summed E-state index contributed by atoms with van der Waals surface area (Å²) in [6, 6.07) is 10.5. The van der Waals surface area contributed by atoms with Crippen LogP contribution in [0.15, 0.2) is 30.3 Å². The summed E-state index contributed by atoms with van der Waals surface area (Å²) in [5, 5.41) is 4.34. The molecule has 0 spiro atoms. The van der Waals surface area contributed by atoms with E-state index in [-0.39, 0.29) is 0 Å². The molecule has 1 N–H and O–H groups in total. The molecule has 1 saturated heterocycles. The lowest BCUT2D eigenvalue weighted by Gasteiger charge is -2.31. The highest BCUT2D eigenvalue weighted by Gasteiger charge is 2.17. The molecule has 100 valence electrons. The summed E-state index contributed by atoms with van der Waals surface area (Å²) >= 11 is 2.15. The maximum Gasteiger partial charge on any atom is 0.0340 e. The third-order valence-electron chi connectivity index (χ3n) is 3.43. The van der Waals surface area contributed by atoms with Crippen LogP contribution in [0.2, 0.25) is 0 Å². The van der Waals surface area contributed by atoms with Gasteiger partial charge in [-0.05, 0) is 31.5 Å². The predicted molar refractivity (Wildman–Crippen MR) is 82.5 cm³/mol. The van der Waals surface area contributed by atoms with Crippen molar-refractivity contribution in [3.8, 4) is 0 Å². The summed E-state index contributed by atoms with van der Waals surface area (Å²) in [7, 11) is 0. The molecule has 1 aliphatic heterocycles. The van der Waals surface area contributed by atoms with Crippen LogP contribution >= 0.6 is 11.8 Å². The number of hydrogen-bond donors (Lipinski definition) is 1. The molecule has 3 heteroatoms. The fourth-order valence-electron chi connectivity index (χ4n) is 2.32. The summed E-state index contributed by atoms with van der Waals surface area (Å²) in [4.78, 5) is 2.62. The molecular formula is C15H24N2S. The molecule has 0 saturated carbocycles. The molecule has 1 unspecified atom stereocenters. The van der Waals surface area contributed by atoms with Gasteiger partial charge in [0.05, 0.1) is 0 Å². The lowest BCUT2D eigenvalue weighted by Crippen LogP contribution is -2.38. The summed E-state index contributed by atoms with van der Waals surface area (Å²) < 4.78 is 0. The molecule has 18 heavy (non-hydrogen) atoms. The second-order valence-electron chi connectivity index (χ2n) is 4.85.